The van der Waals surface area contributed by atoms with Crippen LogP contribution in [0.25, 0.3) is 0 Å². The van der Waals surface area contributed by atoms with Crippen LogP contribution in [-0.4, -0.2) is 29.4 Å². The molecule has 0 spiro atoms. The summed E-state index contributed by atoms with van der Waals surface area (Å²) in [4.78, 5) is 11.9. The minimum Gasteiger partial charge on any atom is -0.480 e. The van der Waals surface area contributed by atoms with Gasteiger partial charge < -0.3 is 10.1 Å². The molecule has 0 atom stereocenters. The third-order valence-corrected chi connectivity index (χ3v) is 3.51. The van der Waals surface area contributed by atoms with E-state index in [-0.39, 0.29) is 23.7 Å². The van der Waals surface area contributed by atoms with Crippen molar-refractivity contribution in [2.45, 2.75) is 18.4 Å². The molecule has 0 unspecified atom stereocenters. The molecule has 2 heterocycles. The fourth-order valence-electron chi connectivity index (χ4n) is 2.10. The van der Waals surface area contributed by atoms with Crippen LogP contribution in [0.5, 0.6) is 5.88 Å². The topological polar surface area (TPSA) is 91.7 Å². The van der Waals surface area contributed by atoms with E-state index in [9.17, 15) is 18.0 Å². The zero-order valence-corrected chi connectivity index (χ0v) is 12.4. The molecule has 1 aliphatic rings. The van der Waals surface area contributed by atoms with E-state index in [0.29, 0.717) is 5.56 Å². The lowest BCUT2D eigenvalue weighted by Crippen LogP contribution is -2.30. The predicted molar refractivity (Wildman–Crippen MR) is 75.3 cm³/mol. The van der Waals surface area contributed by atoms with Crippen molar-refractivity contribution < 1.29 is 22.7 Å². The van der Waals surface area contributed by atoms with Gasteiger partial charge in [-0.2, -0.15) is 13.2 Å². The SMILES string of the molecule is COc1cc(C(=O)NCc2ccc(C3(C(F)(F)F)N=N3)cc2)[nH]n1. The van der Waals surface area contributed by atoms with Crippen LogP contribution in [0, 0.1) is 0 Å². The van der Waals surface area contributed by atoms with Gasteiger partial charge in [-0.05, 0) is 5.56 Å². The monoisotopic (exact) mass is 339 g/mol. The van der Waals surface area contributed by atoms with Crippen molar-refractivity contribution in [2.24, 2.45) is 10.2 Å². The Bertz CT molecular complexity index is 776. The minimum atomic E-state index is -4.55. The van der Waals surface area contributed by atoms with E-state index in [0.717, 1.165) is 0 Å². The van der Waals surface area contributed by atoms with Crippen molar-refractivity contribution in [3.05, 3.63) is 47.2 Å². The van der Waals surface area contributed by atoms with Gasteiger partial charge in [-0.1, -0.05) is 24.3 Å². The summed E-state index contributed by atoms with van der Waals surface area (Å²) in [5.41, 5.74) is -1.63. The molecular formula is C14H12F3N5O2. The van der Waals surface area contributed by atoms with Crippen molar-refractivity contribution in [3.63, 3.8) is 0 Å². The van der Waals surface area contributed by atoms with Gasteiger partial charge in [-0.15, -0.1) is 15.3 Å². The van der Waals surface area contributed by atoms with Gasteiger partial charge in [-0.25, -0.2) is 0 Å². The number of nitrogens with one attached hydrogen (secondary N) is 2. The van der Waals surface area contributed by atoms with E-state index in [1.54, 1.807) is 0 Å². The molecule has 2 aromatic rings. The Morgan fingerprint density at radius 1 is 1.29 bits per heavy atom. The number of ether oxygens (including phenoxy) is 1. The number of hydrogen-bond acceptors (Lipinski definition) is 5. The Kier molecular flexibility index (Phi) is 3.74. The summed E-state index contributed by atoms with van der Waals surface area (Å²) in [5.74, 6) is -0.132. The normalized spacial score (nSPS) is 15.2. The number of hydrogen-bond donors (Lipinski definition) is 2. The van der Waals surface area contributed by atoms with Crippen LogP contribution in [0.3, 0.4) is 0 Å². The summed E-state index contributed by atoms with van der Waals surface area (Å²) in [6.07, 6.45) is -4.55. The second kappa shape index (κ2) is 5.62. The van der Waals surface area contributed by atoms with E-state index >= 15 is 0 Å². The highest BCUT2D eigenvalue weighted by Gasteiger charge is 2.65. The number of H-pyrrole nitrogens is 1. The Hall–Kier alpha value is -2.91. The van der Waals surface area contributed by atoms with Crippen molar-refractivity contribution in [1.29, 1.82) is 0 Å². The van der Waals surface area contributed by atoms with Crippen LogP contribution in [0.1, 0.15) is 21.6 Å². The number of nitrogens with zero attached hydrogens (tertiary/aromatic N) is 3. The molecule has 10 heteroatoms. The van der Waals surface area contributed by atoms with Crippen molar-refractivity contribution in [1.82, 2.24) is 15.5 Å². The molecule has 0 radical (unpaired) electrons. The third kappa shape index (κ3) is 2.82. The summed E-state index contributed by atoms with van der Waals surface area (Å²) in [7, 11) is 1.42. The van der Waals surface area contributed by atoms with Gasteiger partial charge in [-0.3, -0.25) is 9.89 Å². The standard InChI is InChI=1S/C14H12F3N5O2/c1-24-11-6-10(19-20-11)12(23)18-7-8-2-4-9(5-3-8)13(21-22-13)14(15,16)17/h2-6H,7H2,1H3,(H,18,23)(H,19,20). The number of aromatic amines is 1. The quantitative estimate of drug-likeness (QED) is 0.877. The second-order valence-corrected chi connectivity index (χ2v) is 5.07. The second-order valence-electron chi connectivity index (χ2n) is 5.07. The molecule has 7 nitrogen and oxygen atoms in total. The Morgan fingerprint density at radius 3 is 2.46 bits per heavy atom. The first kappa shape index (κ1) is 16.0. The van der Waals surface area contributed by atoms with Gasteiger partial charge >= 0.3 is 11.8 Å². The van der Waals surface area contributed by atoms with Crippen LogP contribution in [-0.2, 0) is 12.2 Å². The molecular weight excluding hydrogens is 327 g/mol. The van der Waals surface area contributed by atoms with E-state index in [1.165, 1.54) is 37.4 Å². The van der Waals surface area contributed by atoms with Crippen molar-refractivity contribution >= 4 is 5.91 Å². The molecule has 1 aromatic carbocycles. The van der Waals surface area contributed by atoms with Gasteiger partial charge in [0.1, 0.15) is 5.69 Å². The molecule has 0 saturated carbocycles. The molecule has 0 aliphatic carbocycles. The first-order valence-electron chi connectivity index (χ1n) is 6.83. The first-order chi connectivity index (χ1) is 11.4. The molecule has 2 N–H and O–H groups in total. The van der Waals surface area contributed by atoms with E-state index in [2.05, 4.69) is 25.7 Å². The number of amides is 1. The first-order valence-corrected chi connectivity index (χ1v) is 6.83. The predicted octanol–water partition coefficient (Wildman–Crippen LogP) is 2.53. The molecule has 24 heavy (non-hydrogen) atoms. The van der Waals surface area contributed by atoms with Gasteiger partial charge in [0.25, 0.3) is 5.91 Å². The number of carbonyl (C=O) groups excluding carboxylic acids is 1. The van der Waals surface area contributed by atoms with Crippen LogP contribution in [0.2, 0.25) is 0 Å². The van der Waals surface area contributed by atoms with Crippen LogP contribution < -0.4 is 10.1 Å². The fourth-order valence-corrected chi connectivity index (χ4v) is 2.10. The number of rotatable bonds is 5. The summed E-state index contributed by atoms with van der Waals surface area (Å²) in [6, 6.07) is 7.00. The van der Waals surface area contributed by atoms with Crippen LogP contribution >= 0.6 is 0 Å². The largest absolute Gasteiger partial charge is 0.480 e. The molecule has 1 amide bonds. The van der Waals surface area contributed by atoms with E-state index in [1.807, 2.05) is 0 Å². The molecule has 0 saturated heterocycles. The van der Waals surface area contributed by atoms with Gasteiger partial charge in [0, 0.05) is 18.2 Å². The summed E-state index contributed by atoms with van der Waals surface area (Å²) < 4.78 is 43.5. The number of aromatic nitrogens is 2. The molecule has 0 bridgehead atoms. The van der Waals surface area contributed by atoms with Gasteiger partial charge in [0.05, 0.1) is 7.11 Å². The van der Waals surface area contributed by atoms with Crippen LogP contribution in [0.15, 0.2) is 40.6 Å². The minimum absolute atomic E-state index is 0.0524. The lowest BCUT2D eigenvalue weighted by atomic mass is 10.0. The number of carbonyl (C=O) groups is 1. The smallest absolute Gasteiger partial charge is 0.442 e. The fraction of sp³-hybridized carbons (Fsp3) is 0.286. The molecule has 1 aliphatic heterocycles. The number of methoxy groups -OCH3 is 1. The molecule has 0 fully saturated rings. The zero-order valence-electron chi connectivity index (χ0n) is 12.4. The van der Waals surface area contributed by atoms with Gasteiger partial charge in [0.2, 0.25) is 5.88 Å². The lowest BCUT2D eigenvalue weighted by Gasteiger charge is -2.15. The Balaban J connectivity index is 1.62. The summed E-state index contributed by atoms with van der Waals surface area (Å²) >= 11 is 0. The average Bonchev–Trinajstić information content (AvgIpc) is 3.25. The molecule has 3 rings (SSSR count). The van der Waals surface area contributed by atoms with E-state index in [4.69, 9.17) is 4.74 Å². The number of alkyl halides is 3. The number of benzene rings is 1. The van der Waals surface area contributed by atoms with E-state index < -0.39 is 17.7 Å². The third-order valence-electron chi connectivity index (χ3n) is 3.51. The highest BCUT2D eigenvalue weighted by Crippen LogP contribution is 2.52. The average molecular weight is 339 g/mol. The lowest BCUT2D eigenvalue weighted by molar-refractivity contribution is -0.166. The Labute approximate surface area is 133 Å². The maximum absolute atomic E-state index is 12.9. The maximum Gasteiger partial charge on any atom is 0.442 e. The Morgan fingerprint density at radius 2 is 1.96 bits per heavy atom. The summed E-state index contributed by atoms with van der Waals surface area (Å²) in [5, 5.41) is 15.1. The number of halogens is 3. The van der Waals surface area contributed by atoms with Crippen molar-refractivity contribution in [3.8, 4) is 5.88 Å². The van der Waals surface area contributed by atoms with Crippen LogP contribution in [0.4, 0.5) is 13.2 Å². The highest BCUT2D eigenvalue weighted by atomic mass is 19.4. The highest BCUT2D eigenvalue weighted by molar-refractivity contribution is 5.92. The maximum atomic E-state index is 12.9. The molecule has 1 aromatic heterocycles. The zero-order chi connectivity index (χ0) is 17.4. The van der Waals surface area contributed by atoms with Gasteiger partial charge in [0.15, 0.2) is 0 Å². The van der Waals surface area contributed by atoms with Crippen molar-refractivity contribution in [2.75, 3.05) is 7.11 Å². The molecule has 126 valence electrons. The summed E-state index contributed by atoms with van der Waals surface area (Å²) in [6.45, 7) is 0.147.